The van der Waals surface area contributed by atoms with E-state index in [2.05, 4.69) is 29.8 Å². The number of nitrogens with two attached hydrogens (primary N) is 1. The molecule has 0 radical (unpaired) electrons. The molecule has 4 heteroatoms. The predicted octanol–water partition coefficient (Wildman–Crippen LogP) is 4.06. The molecule has 0 heterocycles. The molecule has 0 aromatic heterocycles. The standard InChI is InChI=1S/C11H15BrFN.ClH/c1-3-7(2)11(14)8-5-4-6-9(13)10(8)12;/h4-7,11H,3,14H2,1-2H3;1H/t7?,11-;/m0./s1. The highest BCUT2D eigenvalue weighted by Crippen LogP contribution is 2.29. The SMILES string of the molecule is CCC(C)[C@H](N)c1cccc(F)c1Br.Cl. The molecule has 1 rings (SSSR count). The van der Waals surface area contributed by atoms with E-state index >= 15 is 0 Å². The summed E-state index contributed by atoms with van der Waals surface area (Å²) in [7, 11) is 0. The zero-order valence-electron chi connectivity index (χ0n) is 8.84. The largest absolute Gasteiger partial charge is 0.324 e. The Kier molecular flexibility index (Phi) is 6.41. The molecule has 0 saturated carbocycles. The van der Waals surface area contributed by atoms with Crippen molar-refractivity contribution in [1.82, 2.24) is 0 Å². The third-order valence-electron chi connectivity index (χ3n) is 2.60. The summed E-state index contributed by atoms with van der Waals surface area (Å²) in [6, 6.07) is 4.88. The number of benzene rings is 1. The minimum atomic E-state index is -0.249. The van der Waals surface area contributed by atoms with Crippen molar-refractivity contribution in [3.8, 4) is 0 Å². The molecular formula is C11H16BrClFN. The highest BCUT2D eigenvalue weighted by molar-refractivity contribution is 9.10. The lowest BCUT2D eigenvalue weighted by Gasteiger charge is -2.20. The van der Waals surface area contributed by atoms with Crippen LogP contribution in [-0.2, 0) is 0 Å². The van der Waals surface area contributed by atoms with Gasteiger partial charge in [0, 0.05) is 6.04 Å². The Hall–Kier alpha value is -0.120. The quantitative estimate of drug-likeness (QED) is 0.894. The summed E-state index contributed by atoms with van der Waals surface area (Å²) in [5.41, 5.74) is 6.87. The van der Waals surface area contributed by atoms with Crippen LogP contribution in [0.25, 0.3) is 0 Å². The van der Waals surface area contributed by atoms with Gasteiger partial charge in [-0.25, -0.2) is 4.39 Å². The van der Waals surface area contributed by atoms with Crippen LogP contribution < -0.4 is 5.73 Å². The average Bonchev–Trinajstić information content (AvgIpc) is 2.20. The van der Waals surface area contributed by atoms with Crippen LogP contribution in [-0.4, -0.2) is 0 Å². The minimum Gasteiger partial charge on any atom is -0.324 e. The molecule has 1 aromatic carbocycles. The monoisotopic (exact) mass is 295 g/mol. The zero-order valence-corrected chi connectivity index (χ0v) is 11.2. The van der Waals surface area contributed by atoms with Crippen LogP contribution in [0.2, 0.25) is 0 Å². The van der Waals surface area contributed by atoms with Crippen molar-refractivity contribution in [1.29, 1.82) is 0 Å². The van der Waals surface area contributed by atoms with Gasteiger partial charge in [0.1, 0.15) is 5.82 Å². The van der Waals surface area contributed by atoms with Crippen molar-refractivity contribution in [2.75, 3.05) is 0 Å². The van der Waals surface area contributed by atoms with Gasteiger partial charge in [0.05, 0.1) is 4.47 Å². The molecule has 0 aliphatic heterocycles. The Labute approximate surface area is 105 Å². The average molecular weight is 297 g/mol. The van der Waals surface area contributed by atoms with E-state index in [1.165, 1.54) is 6.07 Å². The Balaban J connectivity index is 0.00000196. The first kappa shape index (κ1) is 14.9. The van der Waals surface area contributed by atoms with Crippen LogP contribution in [0, 0.1) is 11.7 Å². The van der Waals surface area contributed by atoms with Crippen LogP contribution in [0.1, 0.15) is 31.9 Å². The second kappa shape index (κ2) is 6.46. The van der Waals surface area contributed by atoms with Gasteiger partial charge in [-0.3, -0.25) is 0 Å². The van der Waals surface area contributed by atoms with Crippen LogP contribution in [0.4, 0.5) is 4.39 Å². The summed E-state index contributed by atoms with van der Waals surface area (Å²) < 4.78 is 13.7. The normalized spacial score (nSPS) is 14.2. The van der Waals surface area contributed by atoms with Crippen molar-refractivity contribution < 1.29 is 4.39 Å². The highest BCUT2D eigenvalue weighted by atomic mass is 79.9. The van der Waals surface area contributed by atoms with Crippen molar-refractivity contribution in [2.45, 2.75) is 26.3 Å². The van der Waals surface area contributed by atoms with Gasteiger partial charge in [-0.15, -0.1) is 12.4 Å². The molecule has 2 N–H and O–H groups in total. The van der Waals surface area contributed by atoms with Gasteiger partial charge >= 0.3 is 0 Å². The van der Waals surface area contributed by atoms with Gasteiger partial charge in [0.15, 0.2) is 0 Å². The van der Waals surface area contributed by atoms with Gasteiger partial charge in [0.25, 0.3) is 0 Å². The van der Waals surface area contributed by atoms with Crippen molar-refractivity contribution >= 4 is 28.3 Å². The number of hydrogen-bond donors (Lipinski definition) is 1. The van der Waals surface area contributed by atoms with Crippen molar-refractivity contribution in [3.63, 3.8) is 0 Å². The van der Waals surface area contributed by atoms with Gasteiger partial charge in [-0.05, 0) is 33.5 Å². The van der Waals surface area contributed by atoms with E-state index in [9.17, 15) is 4.39 Å². The molecule has 0 aliphatic rings. The Bertz CT molecular complexity index is 319. The third-order valence-corrected chi connectivity index (χ3v) is 3.43. The molecule has 0 saturated heterocycles. The molecule has 0 amide bonds. The summed E-state index contributed by atoms with van der Waals surface area (Å²) in [4.78, 5) is 0. The first-order chi connectivity index (χ1) is 6.57. The highest BCUT2D eigenvalue weighted by Gasteiger charge is 2.17. The summed E-state index contributed by atoms with van der Waals surface area (Å²) in [6.07, 6.45) is 0.990. The van der Waals surface area contributed by atoms with Crippen LogP contribution in [0.3, 0.4) is 0 Å². The molecule has 0 spiro atoms. The maximum atomic E-state index is 13.2. The molecule has 0 bridgehead atoms. The fourth-order valence-electron chi connectivity index (χ4n) is 1.34. The molecule has 1 aromatic rings. The van der Waals surface area contributed by atoms with Crippen LogP contribution in [0.5, 0.6) is 0 Å². The van der Waals surface area contributed by atoms with Gasteiger partial charge in [-0.1, -0.05) is 32.4 Å². The molecule has 0 fully saturated rings. The minimum absolute atomic E-state index is 0. The van der Waals surface area contributed by atoms with Crippen molar-refractivity contribution in [3.05, 3.63) is 34.1 Å². The van der Waals surface area contributed by atoms with E-state index in [-0.39, 0.29) is 24.3 Å². The fourth-order valence-corrected chi connectivity index (χ4v) is 1.87. The maximum Gasteiger partial charge on any atom is 0.137 e. The lowest BCUT2D eigenvalue weighted by Crippen LogP contribution is -2.19. The van der Waals surface area contributed by atoms with E-state index in [0.29, 0.717) is 10.4 Å². The molecule has 15 heavy (non-hydrogen) atoms. The smallest absolute Gasteiger partial charge is 0.137 e. The number of hydrogen-bond acceptors (Lipinski definition) is 1. The van der Waals surface area contributed by atoms with E-state index in [1.54, 1.807) is 6.07 Å². The first-order valence-corrected chi connectivity index (χ1v) is 5.56. The lowest BCUT2D eigenvalue weighted by molar-refractivity contribution is 0.453. The Morgan fingerprint density at radius 2 is 2.07 bits per heavy atom. The van der Waals surface area contributed by atoms with E-state index in [0.717, 1.165) is 12.0 Å². The second-order valence-corrected chi connectivity index (χ2v) is 4.35. The van der Waals surface area contributed by atoms with Crippen LogP contribution in [0.15, 0.2) is 22.7 Å². The lowest BCUT2D eigenvalue weighted by atomic mass is 9.93. The Morgan fingerprint density at radius 3 is 2.60 bits per heavy atom. The van der Waals surface area contributed by atoms with Crippen molar-refractivity contribution in [2.24, 2.45) is 11.7 Å². The van der Waals surface area contributed by atoms with Gasteiger partial charge in [-0.2, -0.15) is 0 Å². The summed E-state index contributed by atoms with van der Waals surface area (Å²) in [5, 5.41) is 0. The molecule has 1 nitrogen and oxygen atoms in total. The fraction of sp³-hybridized carbons (Fsp3) is 0.455. The van der Waals surface area contributed by atoms with E-state index < -0.39 is 0 Å². The molecular weight excluding hydrogens is 280 g/mol. The van der Waals surface area contributed by atoms with Crippen LogP contribution >= 0.6 is 28.3 Å². The van der Waals surface area contributed by atoms with Gasteiger partial charge < -0.3 is 5.73 Å². The summed E-state index contributed by atoms with van der Waals surface area (Å²) >= 11 is 3.22. The molecule has 0 aliphatic carbocycles. The number of halogens is 3. The molecule has 86 valence electrons. The van der Waals surface area contributed by atoms with Gasteiger partial charge in [0.2, 0.25) is 0 Å². The summed E-state index contributed by atoms with van der Waals surface area (Å²) in [6.45, 7) is 4.15. The zero-order chi connectivity index (χ0) is 10.7. The maximum absolute atomic E-state index is 13.2. The summed E-state index contributed by atoms with van der Waals surface area (Å²) in [5.74, 6) is 0.106. The third kappa shape index (κ3) is 3.44. The molecule has 2 atom stereocenters. The molecule has 1 unspecified atom stereocenters. The van der Waals surface area contributed by atoms with E-state index in [1.807, 2.05) is 6.07 Å². The number of rotatable bonds is 3. The van der Waals surface area contributed by atoms with E-state index in [4.69, 9.17) is 5.73 Å². The Morgan fingerprint density at radius 1 is 1.47 bits per heavy atom. The topological polar surface area (TPSA) is 26.0 Å². The first-order valence-electron chi connectivity index (χ1n) is 4.77. The second-order valence-electron chi connectivity index (χ2n) is 3.55. The predicted molar refractivity (Wildman–Crippen MR) is 67.7 cm³/mol.